The summed E-state index contributed by atoms with van der Waals surface area (Å²) in [6.45, 7) is 6.79. The molecule has 3 rings (SSSR count). The van der Waals surface area contributed by atoms with Gasteiger partial charge in [-0.25, -0.2) is 0 Å². The molecule has 152 valence electrons. The first-order valence-electron chi connectivity index (χ1n) is 9.98. The number of hydrogen-bond acceptors (Lipinski definition) is 4. The molecule has 28 heavy (non-hydrogen) atoms. The van der Waals surface area contributed by atoms with Crippen molar-refractivity contribution >= 4 is 18.7 Å². The Balaban J connectivity index is 2.08. The summed E-state index contributed by atoms with van der Waals surface area (Å²) in [7, 11) is -0.971. The van der Waals surface area contributed by atoms with Crippen molar-refractivity contribution in [1.29, 1.82) is 0 Å². The van der Waals surface area contributed by atoms with E-state index in [0.717, 1.165) is 0 Å². The molecule has 1 fully saturated rings. The highest BCUT2D eigenvalue weighted by Gasteiger charge is 2.52. The smallest absolute Gasteiger partial charge is 0.261 e. The van der Waals surface area contributed by atoms with Gasteiger partial charge >= 0.3 is 0 Å². The lowest BCUT2D eigenvalue weighted by Crippen LogP contribution is -2.68. The van der Waals surface area contributed by atoms with Gasteiger partial charge in [-0.1, -0.05) is 81.4 Å². The lowest BCUT2D eigenvalue weighted by atomic mass is 10.1. The fraction of sp³-hybridized carbons (Fsp3) is 0.478. The molecule has 1 aliphatic heterocycles. The van der Waals surface area contributed by atoms with Gasteiger partial charge in [0.25, 0.3) is 8.32 Å². The van der Waals surface area contributed by atoms with Crippen LogP contribution in [0, 0.1) is 0 Å². The Hall–Kier alpha value is -1.50. The Bertz CT molecular complexity index is 678. The molecule has 0 bridgehead atoms. The van der Waals surface area contributed by atoms with Crippen LogP contribution in [0.5, 0.6) is 0 Å². The SMILES string of the molecule is CO[C@@H]1C[C@H](O[Si](c2ccccc2)(c2ccccc2)C(C)(C)C)C[C@@H](CO)O1. The molecule has 0 aliphatic carbocycles. The Morgan fingerprint density at radius 1 is 0.964 bits per heavy atom. The minimum absolute atomic E-state index is 0.0273. The summed E-state index contributed by atoms with van der Waals surface area (Å²) in [6, 6.07) is 21.2. The molecule has 0 spiro atoms. The van der Waals surface area contributed by atoms with Gasteiger partial charge in [-0.3, -0.25) is 0 Å². The van der Waals surface area contributed by atoms with E-state index in [9.17, 15) is 5.11 Å². The molecular formula is C23H32O4Si. The van der Waals surface area contributed by atoms with Crippen LogP contribution < -0.4 is 10.4 Å². The van der Waals surface area contributed by atoms with Crippen LogP contribution in [0.4, 0.5) is 0 Å². The fourth-order valence-electron chi connectivity index (χ4n) is 4.24. The lowest BCUT2D eigenvalue weighted by Gasteiger charge is -2.47. The van der Waals surface area contributed by atoms with Gasteiger partial charge in [0.15, 0.2) is 6.29 Å². The first-order valence-corrected chi connectivity index (χ1v) is 11.9. The van der Waals surface area contributed by atoms with Crippen molar-refractivity contribution in [2.75, 3.05) is 13.7 Å². The number of aliphatic hydroxyl groups is 1. The van der Waals surface area contributed by atoms with Gasteiger partial charge in [0.05, 0.1) is 18.8 Å². The maximum atomic E-state index is 9.69. The van der Waals surface area contributed by atoms with Gasteiger partial charge in [0.2, 0.25) is 0 Å². The highest BCUT2D eigenvalue weighted by molar-refractivity contribution is 6.99. The van der Waals surface area contributed by atoms with E-state index >= 15 is 0 Å². The van der Waals surface area contributed by atoms with Gasteiger partial charge in [-0.15, -0.1) is 0 Å². The summed E-state index contributed by atoms with van der Waals surface area (Å²) in [6.07, 6.45) is 0.677. The molecule has 3 atom stereocenters. The van der Waals surface area contributed by atoms with Crippen molar-refractivity contribution in [3.8, 4) is 0 Å². The van der Waals surface area contributed by atoms with Crippen molar-refractivity contribution in [3.05, 3.63) is 60.7 Å². The Kier molecular flexibility index (Phi) is 6.73. The van der Waals surface area contributed by atoms with Crippen LogP contribution in [0.2, 0.25) is 5.04 Å². The summed E-state index contributed by atoms with van der Waals surface area (Å²) in [5, 5.41) is 12.1. The molecule has 1 N–H and O–H groups in total. The second-order valence-electron chi connectivity index (χ2n) is 8.48. The topological polar surface area (TPSA) is 47.9 Å². The molecule has 2 aromatic rings. The molecule has 2 aromatic carbocycles. The summed E-state index contributed by atoms with van der Waals surface area (Å²) < 4.78 is 18.4. The molecule has 1 saturated heterocycles. The molecule has 1 aliphatic rings. The molecule has 4 nitrogen and oxygen atoms in total. The number of hydrogen-bond donors (Lipinski definition) is 1. The van der Waals surface area contributed by atoms with Crippen LogP contribution in [0.25, 0.3) is 0 Å². The van der Waals surface area contributed by atoms with Gasteiger partial charge in [0.1, 0.15) is 0 Å². The van der Waals surface area contributed by atoms with Gasteiger partial charge in [0, 0.05) is 20.0 Å². The quantitative estimate of drug-likeness (QED) is 0.757. The van der Waals surface area contributed by atoms with E-state index in [1.54, 1.807) is 7.11 Å². The maximum absolute atomic E-state index is 9.69. The van der Waals surface area contributed by atoms with E-state index < -0.39 is 8.32 Å². The predicted octanol–water partition coefficient (Wildman–Crippen LogP) is 3.08. The van der Waals surface area contributed by atoms with Crippen LogP contribution in [-0.4, -0.2) is 45.6 Å². The normalized spacial score (nSPS) is 23.5. The van der Waals surface area contributed by atoms with Crippen molar-refractivity contribution < 1.29 is 19.0 Å². The molecule has 1 heterocycles. The first-order chi connectivity index (χ1) is 13.4. The molecule has 0 amide bonds. The standard InChI is InChI=1S/C23H32O4Si/c1-23(2,3)28(20-11-7-5-8-12-20,21-13-9-6-10-14-21)27-18-15-19(17-24)26-22(16-18)25-4/h5-14,18-19,22,24H,15-17H2,1-4H3/t18-,19+,22+/m1/s1. The zero-order chi connectivity index (χ0) is 20.2. The van der Waals surface area contributed by atoms with E-state index in [1.807, 2.05) is 12.1 Å². The molecular weight excluding hydrogens is 368 g/mol. The largest absolute Gasteiger partial charge is 0.404 e. The van der Waals surface area contributed by atoms with E-state index in [2.05, 4.69) is 69.3 Å². The molecule has 0 unspecified atom stereocenters. The van der Waals surface area contributed by atoms with Crippen LogP contribution in [0.1, 0.15) is 33.6 Å². The molecule has 0 radical (unpaired) electrons. The minimum atomic E-state index is -2.61. The van der Waals surface area contributed by atoms with Crippen LogP contribution >= 0.6 is 0 Å². The average Bonchev–Trinajstić information content (AvgIpc) is 2.72. The van der Waals surface area contributed by atoms with Gasteiger partial charge in [-0.05, 0) is 15.4 Å². The number of ether oxygens (including phenoxy) is 2. The summed E-state index contributed by atoms with van der Waals surface area (Å²) in [5.74, 6) is 0. The molecule has 0 saturated carbocycles. The van der Waals surface area contributed by atoms with Crippen molar-refractivity contribution in [1.82, 2.24) is 0 Å². The number of rotatable bonds is 6. The first kappa shape index (κ1) is 21.2. The average molecular weight is 401 g/mol. The zero-order valence-electron chi connectivity index (χ0n) is 17.3. The number of benzene rings is 2. The fourth-order valence-corrected chi connectivity index (χ4v) is 8.94. The number of methoxy groups -OCH3 is 1. The van der Waals surface area contributed by atoms with Gasteiger partial charge in [-0.2, -0.15) is 0 Å². The van der Waals surface area contributed by atoms with E-state index in [0.29, 0.717) is 12.8 Å². The van der Waals surface area contributed by atoms with Crippen LogP contribution in [0.15, 0.2) is 60.7 Å². The summed E-state index contributed by atoms with van der Waals surface area (Å²) in [5.41, 5.74) is 0. The van der Waals surface area contributed by atoms with E-state index in [4.69, 9.17) is 13.9 Å². The minimum Gasteiger partial charge on any atom is -0.404 e. The Labute approximate surface area is 169 Å². The third-order valence-electron chi connectivity index (χ3n) is 5.55. The Morgan fingerprint density at radius 2 is 1.50 bits per heavy atom. The van der Waals surface area contributed by atoms with Crippen molar-refractivity contribution in [2.24, 2.45) is 0 Å². The third-order valence-corrected chi connectivity index (χ3v) is 10.6. The Morgan fingerprint density at radius 3 is 1.93 bits per heavy atom. The van der Waals surface area contributed by atoms with E-state index in [1.165, 1.54) is 10.4 Å². The zero-order valence-corrected chi connectivity index (χ0v) is 18.3. The molecule has 5 heteroatoms. The van der Waals surface area contributed by atoms with E-state index in [-0.39, 0.29) is 30.1 Å². The third kappa shape index (κ3) is 4.24. The second kappa shape index (κ2) is 8.89. The number of aliphatic hydroxyl groups excluding tert-OH is 1. The highest BCUT2D eigenvalue weighted by Crippen LogP contribution is 2.39. The predicted molar refractivity (Wildman–Crippen MR) is 114 cm³/mol. The monoisotopic (exact) mass is 400 g/mol. The van der Waals surface area contributed by atoms with Crippen LogP contribution in [0.3, 0.4) is 0 Å². The lowest BCUT2D eigenvalue weighted by molar-refractivity contribution is -0.208. The molecule has 0 aromatic heterocycles. The van der Waals surface area contributed by atoms with Gasteiger partial charge < -0.3 is 19.0 Å². The van der Waals surface area contributed by atoms with Crippen LogP contribution in [-0.2, 0) is 13.9 Å². The second-order valence-corrected chi connectivity index (χ2v) is 12.7. The van der Waals surface area contributed by atoms with Crippen molar-refractivity contribution in [3.63, 3.8) is 0 Å². The summed E-state index contributed by atoms with van der Waals surface area (Å²) >= 11 is 0. The summed E-state index contributed by atoms with van der Waals surface area (Å²) in [4.78, 5) is 0. The van der Waals surface area contributed by atoms with Crippen molar-refractivity contribution in [2.45, 2.75) is 57.1 Å². The maximum Gasteiger partial charge on any atom is 0.261 e. The highest BCUT2D eigenvalue weighted by atomic mass is 28.4.